The molecule has 0 saturated carbocycles. The first-order valence-electron chi connectivity index (χ1n) is 5.31. The number of hydrogen-bond acceptors (Lipinski definition) is 5. The summed E-state index contributed by atoms with van der Waals surface area (Å²) in [7, 11) is 0. The highest BCUT2D eigenvalue weighted by molar-refractivity contribution is 8.01. The normalized spacial score (nSPS) is 10.8. The first-order chi connectivity index (χ1) is 8.17. The largest absolute Gasteiger partial charge is 0.235 e. The lowest BCUT2D eigenvalue weighted by Crippen LogP contribution is -1.95. The van der Waals surface area contributed by atoms with Crippen molar-refractivity contribution in [3.8, 4) is 0 Å². The van der Waals surface area contributed by atoms with Crippen LogP contribution in [0.3, 0.4) is 0 Å². The van der Waals surface area contributed by atoms with E-state index in [1.807, 2.05) is 12.3 Å². The zero-order valence-electron chi connectivity index (χ0n) is 9.61. The van der Waals surface area contributed by atoms with Gasteiger partial charge in [-0.1, -0.05) is 18.5 Å². The predicted molar refractivity (Wildman–Crippen MR) is 72.0 cm³/mol. The fourth-order valence-electron chi connectivity index (χ4n) is 1.30. The molecule has 0 bridgehead atoms. The lowest BCUT2D eigenvalue weighted by atomic mass is 10.3. The minimum atomic E-state index is 0.499. The van der Waals surface area contributed by atoms with Gasteiger partial charge in [-0.25, -0.2) is 15.0 Å². The van der Waals surface area contributed by atoms with Gasteiger partial charge >= 0.3 is 0 Å². The molecule has 0 aliphatic heterocycles. The number of hydrogen-bond donors (Lipinski definition) is 0. The average Bonchev–Trinajstić information content (AvgIpc) is 2.63. The number of nitrogens with zero attached hydrogens (tertiary/aromatic N) is 3. The topological polar surface area (TPSA) is 38.7 Å². The number of aromatic nitrogens is 3. The highest BCUT2D eigenvalue weighted by atomic mass is 35.5. The van der Waals surface area contributed by atoms with Crippen LogP contribution in [0.1, 0.15) is 24.9 Å². The summed E-state index contributed by atoms with van der Waals surface area (Å²) in [6.07, 6.45) is 1.87. The summed E-state index contributed by atoms with van der Waals surface area (Å²) in [5.41, 5.74) is 1.03. The standard InChI is InChI=1S/C11H12ClN3S2/c1-3-4-9-14-8(12)5-10(15-9)17-11-13-7(2)6-16-11/h5-6H,3-4H2,1-2H3. The molecule has 0 N–H and O–H groups in total. The van der Waals surface area contributed by atoms with E-state index in [0.717, 1.165) is 33.7 Å². The number of aryl methyl sites for hydroxylation is 2. The maximum Gasteiger partial charge on any atom is 0.156 e. The van der Waals surface area contributed by atoms with Crippen LogP contribution in [-0.2, 0) is 6.42 Å². The van der Waals surface area contributed by atoms with Crippen LogP contribution in [-0.4, -0.2) is 15.0 Å². The van der Waals surface area contributed by atoms with Gasteiger partial charge in [0, 0.05) is 23.6 Å². The molecule has 6 heteroatoms. The van der Waals surface area contributed by atoms with E-state index in [2.05, 4.69) is 21.9 Å². The van der Waals surface area contributed by atoms with Crippen LogP contribution in [0.5, 0.6) is 0 Å². The molecule has 0 unspecified atom stereocenters. The Bertz CT molecular complexity index is 513. The second kappa shape index (κ2) is 5.80. The Balaban J connectivity index is 2.20. The lowest BCUT2D eigenvalue weighted by molar-refractivity contribution is 0.809. The summed E-state index contributed by atoms with van der Waals surface area (Å²) < 4.78 is 0.986. The smallest absolute Gasteiger partial charge is 0.156 e. The molecule has 0 radical (unpaired) electrons. The molecular weight excluding hydrogens is 274 g/mol. The van der Waals surface area contributed by atoms with Crippen LogP contribution >= 0.6 is 34.7 Å². The van der Waals surface area contributed by atoms with Crippen molar-refractivity contribution in [1.29, 1.82) is 0 Å². The molecule has 3 nitrogen and oxygen atoms in total. The number of rotatable bonds is 4. The van der Waals surface area contributed by atoms with Gasteiger partial charge in [-0.05, 0) is 25.1 Å². The molecule has 2 aromatic heterocycles. The van der Waals surface area contributed by atoms with Crippen molar-refractivity contribution < 1.29 is 0 Å². The van der Waals surface area contributed by atoms with Gasteiger partial charge in [-0.2, -0.15) is 0 Å². The molecule has 0 spiro atoms. The summed E-state index contributed by atoms with van der Waals surface area (Å²) in [5.74, 6) is 0.802. The minimum Gasteiger partial charge on any atom is -0.235 e. The van der Waals surface area contributed by atoms with Crippen LogP contribution in [0.4, 0.5) is 0 Å². The predicted octanol–water partition coefficient (Wildman–Crippen LogP) is 4.00. The Kier molecular flexibility index (Phi) is 4.36. The zero-order valence-corrected chi connectivity index (χ0v) is 12.0. The Morgan fingerprint density at radius 3 is 2.82 bits per heavy atom. The molecule has 90 valence electrons. The fourth-order valence-corrected chi connectivity index (χ4v) is 3.37. The van der Waals surface area contributed by atoms with Crippen molar-refractivity contribution in [3.63, 3.8) is 0 Å². The monoisotopic (exact) mass is 285 g/mol. The Morgan fingerprint density at radius 2 is 2.18 bits per heavy atom. The number of halogens is 1. The molecule has 2 aromatic rings. The van der Waals surface area contributed by atoms with Gasteiger partial charge in [-0.3, -0.25) is 0 Å². The maximum atomic E-state index is 5.98. The quantitative estimate of drug-likeness (QED) is 0.796. The SMILES string of the molecule is CCCc1nc(Cl)cc(Sc2nc(C)cs2)n1. The summed E-state index contributed by atoms with van der Waals surface area (Å²) >= 11 is 9.13. The van der Waals surface area contributed by atoms with Gasteiger partial charge in [0.25, 0.3) is 0 Å². The van der Waals surface area contributed by atoms with Gasteiger partial charge in [-0.15, -0.1) is 11.3 Å². The van der Waals surface area contributed by atoms with E-state index < -0.39 is 0 Å². The van der Waals surface area contributed by atoms with E-state index in [9.17, 15) is 0 Å². The molecule has 17 heavy (non-hydrogen) atoms. The molecule has 0 amide bonds. The second-order valence-corrected chi connectivity index (χ2v) is 6.06. The zero-order chi connectivity index (χ0) is 12.3. The van der Waals surface area contributed by atoms with E-state index >= 15 is 0 Å². The van der Waals surface area contributed by atoms with Gasteiger partial charge in [0.05, 0.1) is 0 Å². The number of thiazole rings is 1. The van der Waals surface area contributed by atoms with Crippen molar-refractivity contribution in [1.82, 2.24) is 15.0 Å². The van der Waals surface area contributed by atoms with Crippen LogP contribution in [0, 0.1) is 6.92 Å². The second-order valence-electron chi connectivity index (χ2n) is 3.55. The lowest BCUT2D eigenvalue weighted by Gasteiger charge is -2.02. The van der Waals surface area contributed by atoms with E-state index in [4.69, 9.17) is 11.6 Å². The molecule has 0 aromatic carbocycles. The van der Waals surface area contributed by atoms with Gasteiger partial charge in [0.2, 0.25) is 0 Å². The highest BCUT2D eigenvalue weighted by Gasteiger charge is 2.07. The molecule has 2 rings (SSSR count). The third-order valence-corrected chi connectivity index (χ3v) is 4.15. The summed E-state index contributed by atoms with van der Waals surface area (Å²) in [5, 5.41) is 3.39. The van der Waals surface area contributed by atoms with Crippen LogP contribution < -0.4 is 0 Å². The van der Waals surface area contributed by atoms with Crippen LogP contribution in [0.25, 0.3) is 0 Å². The van der Waals surface area contributed by atoms with Crippen LogP contribution in [0.2, 0.25) is 5.15 Å². The molecular formula is C11H12ClN3S2. The van der Waals surface area contributed by atoms with E-state index in [0.29, 0.717) is 5.15 Å². The molecule has 0 saturated heterocycles. The summed E-state index contributed by atoms with van der Waals surface area (Å²) in [6.45, 7) is 4.08. The van der Waals surface area contributed by atoms with E-state index in [1.54, 1.807) is 17.4 Å². The molecule has 0 aliphatic carbocycles. The highest BCUT2D eigenvalue weighted by Crippen LogP contribution is 2.29. The van der Waals surface area contributed by atoms with Crippen LogP contribution in [0.15, 0.2) is 20.8 Å². The third-order valence-electron chi connectivity index (χ3n) is 1.98. The molecule has 0 fully saturated rings. The van der Waals surface area contributed by atoms with Crippen molar-refractivity contribution in [2.45, 2.75) is 36.1 Å². The first kappa shape index (κ1) is 12.8. The van der Waals surface area contributed by atoms with Crippen molar-refractivity contribution in [2.75, 3.05) is 0 Å². The van der Waals surface area contributed by atoms with E-state index in [1.165, 1.54) is 11.8 Å². The Labute approximate surface area is 114 Å². The summed E-state index contributed by atoms with van der Waals surface area (Å²) in [6, 6.07) is 1.78. The van der Waals surface area contributed by atoms with E-state index in [-0.39, 0.29) is 0 Å². The van der Waals surface area contributed by atoms with Crippen molar-refractivity contribution >= 4 is 34.7 Å². The Hall–Kier alpha value is -0.650. The average molecular weight is 286 g/mol. The maximum absolute atomic E-state index is 5.98. The molecule has 0 aliphatic rings. The molecule has 2 heterocycles. The van der Waals surface area contributed by atoms with Crippen molar-refractivity contribution in [3.05, 3.63) is 28.1 Å². The first-order valence-corrected chi connectivity index (χ1v) is 7.38. The summed E-state index contributed by atoms with van der Waals surface area (Å²) in [4.78, 5) is 13.0. The minimum absolute atomic E-state index is 0.499. The van der Waals surface area contributed by atoms with Gasteiger partial charge in [0.1, 0.15) is 16.0 Å². The Morgan fingerprint density at radius 1 is 1.35 bits per heavy atom. The fraction of sp³-hybridized carbons (Fsp3) is 0.364. The third kappa shape index (κ3) is 3.66. The van der Waals surface area contributed by atoms with Crippen molar-refractivity contribution in [2.24, 2.45) is 0 Å². The van der Waals surface area contributed by atoms with Gasteiger partial charge < -0.3 is 0 Å². The van der Waals surface area contributed by atoms with Gasteiger partial charge in [0.15, 0.2) is 4.34 Å². The molecule has 0 atom stereocenters.